The highest BCUT2D eigenvalue weighted by Crippen LogP contribution is 2.39. The number of carbonyl (C=O) groups is 1. The van der Waals surface area contributed by atoms with Crippen LogP contribution in [0.3, 0.4) is 0 Å². The molecule has 1 aromatic carbocycles. The lowest BCUT2D eigenvalue weighted by Crippen LogP contribution is -2.49. The van der Waals surface area contributed by atoms with E-state index in [1.54, 1.807) is 14.2 Å². The van der Waals surface area contributed by atoms with Gasteiger partial charge in [0.25, 0.3) is 5.91 Å². The summed E-state index contributed by atoms with van der Waals surface area (Å²) in [6, 6.07) is 7.69. The molecule has 1 N–H and O–H groups in total. The SMILES string of the molecule is COCCn1nnnc1C1(N2CCCC2)CCN(C(=O)c2cc3ccc(OC)cc3[nH]2)C1. The number of ether oxygens (including phenoxy) is 2. The molecule has 0 saturated carbocycles. The molecule has 2 aromatic heterocycles. The molecule has 0 bridgehead atoms. The largest absolute Gasteiger partial charge is 0.497 e. The molecule has 0 spiro atoms. The molecule has 2 aliphatic rings. The number of aromatic amines is 1. The Morgan fingerprint density at radius 3 is 2.81 bits per heavy atom. The van der Waals surface area contributed by atoms with Gasteiger partial charge in [0.05, 0.1) is 20.3 Å². The number of aromatic nitrogens is 5. The van der Waals surface area contributed by atoms with Crippen LogP contribution < -0.4 is 4.74 Å². The van der Waals surface area contributed by atoms with Crippen LogP contribution in [0.5, 0.6) is 5.75 Å². The van der Waals surface area contributed by atoms with Crippen LogP contribution in [0, 0.1) is 0 Å². The first-order chi connectivity index (χ1) is 15.6. The first kappa shape index (κ1) is 20.9. The molecule has 10 heteroatoms. The summed E-state index contributed by atoms with van der Waals surface area (Å²) in [6.07, 6.45) is 3.11. The summed E-state index contributed by atoms with van der Waals surface area (Å²) < 4.78 is 12.4. The van der Waals surface area contributed by atoms with E-state index in [1.165, 1.54) is 0 Å². The van der Waals surface area contributed by atoms with Crippen molar-refractivity contribution >= 4 is 16.8 Å². The van der Waals surface area contributed by atoms with Crippen LogP contribution in [0.15, 0.2) is 24.3 Å². The average molecular weight is 440 g/mol. The number of carbonyl (C=O) groups excluding carboxylic acids is 1. The molecule has 10 nitrogen and oxygen atoms in total. The van der Waals surface area contributed by atoms with E-state index in [9.17, 15) is 4.79 Å². The molecule has 3 aromatic rings. The quantitative estimate of drug-likeness (QED) is 0.597. The third kappa shape index (κ3) is 3.53. The zero-order chi connectivity index (χ0) is 22.1. The van der Waals surface area contributed by atoms with E-state index in [-0.39, 0.29) is 11.4 Å². The second-order valence-corrected chi connectivity index (χ2v) is 8.56. The number of fused-ring (bicyclic) bond motifs is 1. The molecule has 1 amide bonds. The molecule has 4 heterocycles. The van der Waals surface area contributed by atoms with Crippen LogP contribution in [0.25, 0.3) is 10.9 Å². The molecule has 1 atom stereocenters. The number of amides is 1. The molecule has 1 unspecified atom stereocenters. The summed E-state index contributed by atoms with van der Waals surface area (Å²) in [7, 11) is 3.31. The Bertz CT molecular complexity index is 1100. The Kier molecular flexibility index (Phi) is 5.56. The number of nitrogens with zero attached hydrogens (tertiary/aromatic N) is 6. The van der Waals surface area contributed by atoms with Crippen LogP contribution in [-0.4, -0.2) is 87.9 Å². The summed E-state index contributed by atoms with van der Waals surface area (Å²) in [6.45, 7) is 4.33. The van der Waals surface area contributed by atoms with Gasteiger partial charge < -0.3 is 19.4 Å². The highest BCUT2D eigenvalue weighted by Gasteiger charge is 2.50. The number of hydrogen-bond donors (Lipinski definition) is 1. The Morgan fingerprint density at radius 1 is 1.19 bits per heavy atom. The molecule has 0 radical (unpaired) electrons. The lowest BCUT2D eigenvalue weighted by atomic mass is 9.95. The van der Waals surface area contributed by atoms with Gasteiger partial charge in [0.2, 0.25) is 0 Å². The minimum absolute atomic E-state index is 0.00263. The first-order valence-electron chi connectivity index (χ1n) is 11.1. The van der Waals surface area contributed by atoms with Crippen LogP contribution in [0.2, 0.25) is 0 Å². The lowest BCUT2D eigenvalue weighted by molar-refractivity contribution is 0.0694. The third-order valence-corrected chi connectivity index (χ3v) is 6.76. The van der Waals surface area contributed by atoms with Crippen molar-refractivity contribution in [2.45, 2.75) is 31.3 Å². The van der Waals surface area contributed by atoms with Crippen molar-refractivity contribution in [1.82, 2.24) is 35.0 Å². The Labute approximate surface area is 186 Å². The monoisotopic (exact) mass is 439 g/mol. The molecule has 2 aliphatic heterocycles. The maximum atomic E-state index is 13.5. The third-order valence-electron chi connectivity index (χ3n) is 6.76. The van der Waals surface area contributed by atoms with E-state index >= 15 is 0 Å². The van der Waals surface area contributed by atoms with Crippen molar-refractivity contribution in [3.8, 4) is 5.75 Å². The number of likely N-dealkylation sites (tertiary alicyclic amines) is 2. The summed E-state index contributed by atoms with van der Waals surface area (Å²) in [5, 5.41) is 13.6. The minimum Gasteiger partial charge on any atom is -0.497 e. The number of nitrogens with one attached hydrogen (secondary N) is 1. The normalized spacial score (nSPS) is 21.6. The van der Waals surface area contributed by atoms with Gasteiger partial charge in [-0.1, -0.05) is 0 Å². The number of methoxy groups -OCH3 is 2. The van der Waals surface area contributed by atoms with Crippen molar-refractivity contribution in [1.29, 1.82) is 0 Å². The molecule has 170 valence electrons. The van der Waals surface area contributed by atoms with E-state index in [2.05, 4.69) is 25.4 Å². The Hall–Kier alpha value is -2.98. The van der Waals surface area contributed by atoms with Gasteiger partial charge >= 0.3 is 0 Å². The van der Waals surface area contributed by atoms with E-state index in [0.29, 0.717) is 31.9 Å². The first-order valence-corrected chi connectivity index (χ1v) is 11.1. The highest BCUT2D eigenvalue weighted by molar-refractivity contribution is 5.98. The fourth-order valence-electron chi connectivity index (χ4n) is 5.08. The lowest BCUT2D eigenvalue weighted by Gasteiger charge is -2.37. The van der Waals surface area contributed by atoms with Crippen molar-refractivity contribution in [2.24, 2.45) is 0 Å². The number of tetrazole rings is 1. The van der Waals surface area contributed by atoms with Crippen LogP contribution >= 0.6 is 0 Å². The van der Waals surface area contributed by atoms with Gasteiger partial charge in [-0.15, -0.1) is 5.10 Å². The summed E-state index contributed by atoms with van der Waals surface area (Å²) in [5.74, 6) is 1.58. The summed E-state index contributed by atoms with van der Waals surface area (Å²) in [4.78, 5) is 21.1. The molecular weight excluding hydrogens is 410 g/mol. The molecule has 32 heavy (non-hydrogen) atoms. The maximum absolute atomic E-state index is 13.5. The van der Waals surface area contributed by atoms with Gasteiger partial charge in [0.15, 0.2) is 5.82 Å². The van der Waals surface area contributed by atoms with E-state index in [4.69, 9.17) is 9.47 Å². The predicted molar refractivity (Wildman–Crippen MR) is 118 cm³/mol. The average Bonchev–Trinajstić information content (AvgIpc) is 3.61. The highest BCUT2D eigenvalue weighted by atomic mass is 16.5. The van der Waals surface area contributed by atoms with Crippen LogP contribution in [0.1, 0.15) is 35.6 Å². The smallest absolute Gasteiger partial charge is 0.270 e. The van der Waals surface area contributed by atoms with Crippen molar-refractivity contribution in [3.05, 3.63) is 35.8 Å². The maximum Gasteiger partial charge on any atom is 0.270 e. The predicted octanol–water partition coefficient (Wildman–Crippen LogP) is 1.65. The van der Waals surface area contributed by atoms with Gasteiger partial charge in [-0.2, -0.15) is 0 Å². The standard InChI is InChI=1S/C22H29N7O3/c1-31-12-11-29-21(24-25-26-29)22(28-8-3-4-9-28)7-10-27(15-22)20(30)19-13-16-5-6-17(32-2)14-18(16)23-19/h5-6,13-14,23H,3-4,7-12,15H2,1-2H3. The number of rotatable bonds is 7. The molecule has 5 rings (SSSR count). The number of hydrogen-bond acceptors (Lipinski definition) is 7. The number of benzene rings is 1. The fourth-order valence-corrected chi connectivity index (χ4v) is 5.08. The minimum atomic E-state index is -0.376. The van der Waals surface area contributed by atoms with Gasteiger partial charge in [-0.25, -0.2) is 4.68 Å². The van der Waals surface area contributed by atoms with Gasteiger partial charge in [-0.3, -0.25) is 9.69 Å². The van der Waals surface area contributed by atoms with Gasteiger partial charge in [-0.05, 0) is 61.0 Å². The number of H-pyrrole nitrogens is 1. The second-order valence-electron chi connectivity index (χ2n) is 8.56. The zero-order valence-electron chi connectivity index (χ0n) is 18.6. The molecule has 0 aliphatic carbocycles. The van der Waals surface area contributed by atoms with Gasteiger partial charge in [0, 0.05) is 37.2 Å². The van der Waals surface area contributed by atoms with Crippen molar-refractivity contribution in [3.63, 3.8) is 0 Å². The van der Waals surface area contributed by atoms with Crippen molar-refractivity contribution < 1.29 is 14.3 Å². The van der Waals surface area contributed by atoms with Crippen LogP contribution in [-0.2, 0) is 16.8 Å². The summed E-state index contributed by atoms with van der Waals surface area (Å²) in [5.41, 5.74) is 1.10. The van der Waals surface area contributed by atoms with E-state index in [1.807, 2.05) is 33.8 Å². The molecule has 2 saturated heterocycles. The second kappa shape index (κ2) is 8.51. The Morgan fingerprint density at radius 2 is 2.03 bits per heavy atom. The Balaban J connectivity index is 1.44. The molecule has 2 fully saturated rings. The van der Waals surface area contributed by atoms with Crippen LogP contribution in [0.4, 0.5) is 0 Å². The summed E-state index contributed by atoms with van der Waals surface area (Å²) >= 11 is 0. The molecular formula is C22H29N7O3. The fraction of sp³-hybridized carbons (Fsp3) is 0.545. The van der Waals surface area contributed by atoms with E-state index in [0.717, 1.165) is 54.8 Å². The van der Waals surface area contributed by atoms with E-state index < -0.39 is 0 Å². The zero-order valence-corrected chi connectivity index (χ0v) is 18.6. The van der Waals surface area contributed by atoms with Gasteiger partial charge in [0.1, 0.15) is 17.0 Å². The topological polar surface area (TPSA) is 101 Å². The van der Waals surface area contributed by atoms with Crippen molar-refractivity contribution in [2.75, 3.05) is 47.0 Å².